The zero-order valence-electron chi connectivity index (χ0n) is 11.8. The molecular formula is C15H18FN3O. The van der Waals surface area contributed by atoms with Gasteiger partial charge in [0.1, 0.15) is 6.10 Å². The van der Waals surface area contributed by atoms with Gasteiger partial charge in [0.15, 0.2) is 11.6 Å². The summed E-state index contributed by atoms with van der Waals surface area (Å²) in [5.41, 5.74) is 7.65. The Morgan fingerprint density at radius 1 is 1.10 bits per heavy atom. The van der Waals surface area contributed by atoms with E-state index in [0.29, 0.717) is 5.92 Å². The maximum absolute atomic E-state index is 13.0. The van der Waals surface area contributed by atoms with E-state index >= 15 is 0 Å². The van der Waals surface area contributed by atoms with Gasteiger partial charge in [0.05, 0.1) is 6.20 Å². The Kier molecular flexibility index (Phi) is 4.17. The van der Waals surface area contributed by atoms with Crippen molar-refractivity contribution < 1.29 is 9.13 Å². The lowest BCUT2D eigenvalue weighted by molar-refractivity contribution is 0.207. The zero-order chi connectivity index (χ0) is 14.7. The molecule has 0 spiro atoms. The number of aromatic nitrogens is 2. The van der Waals surface area contributed by atoms with Gasteiger partial charge in [0.2, 0.25) is 0 Å². The Balaban J connectivity index is 2.10. The summed E-state index contributed by atoms with van der Waals surface area (Å²) in [5.74, 6) is -0.371. The number of anilines is 1. The summed E-state index contributed by atoms with van der Waals surface area (Å²) in [4.78, 5) is 7.52. The third-order valence-electron chi connectivity index (χ3n) is 3.10. The van der Waals surface area contributed by atoms with E-state index in [1.54, 1.807) is 0 Å². The van der Waals surface area contributed by atoms with E-state index in [4.69, 9.17) is 10.5 Å². The van der Waals surface area contributed by atoms with Crippen LogP contribution in [0.4, 0.5) is 10.2 Å². The van der Waals surface area contributed by atoms with Crippen LogP contribution in [0.25, 0.3) is 0 Å². The predicted molar refractivity (Wildman–Crippen MR) is 76.0 cm³/mol. The van der Waals surface area contributed by atoms with Crippen molar-refractivity contribution in [3.8, 4) is 6.01 Å². The molecule has 1 heterocycles. The zero-order valence-corrected chi connectivity index (χ0v) is 11.8. The van der Waals surface area contributed by atoms with Gasteiger partial charge < -0.3 is 10.5 Å². The molecule has 0 aliphatic rings. The van der Waals surface area contributed by atoms with Gasteiger partial charge in [-0.1, -0.05) is 38.1 Å². The smallest absolute Gasteiger partial charge is 0.319 e. The van der Waals surface area contributed by atoms with Crippen LogP contribution < -0.4 is 10.5 Å². The quantitative estimate of drug-likeness (QED) is 0.928. The fourth-order valence-corrected chi connectivity index (χ4v) is 1.80. The Labute approximate surface area is 117 Å². The minimum absolute atomic E-state index is 0.0735. The summed E-state index contributed by atoms with van der Waals surface area (Å²) in [7, 11) is 0. The van der Waals surface area contributed by atoms with Crippen LogP contribution in [-0.2, 0) is 0 Å². The molecule has 1 aromatic heterocycles. The van der Waals surface area contributed by atoms with Crippen molar-refractivity contribution in [2.75, 3.05) is 5.73 Å². The van der Waals surface area contributed by atoms with Crippen LogP contribution in [-0.4, -0.2) is 9.97 Å². The van der Waals surface area contributed by atoms with Gasteiger partial charge in [0, 0.05) is 0 Å². The number of ether oxygens (including phenoxy) is 1. The number of hydrogen-bond donors (Lipinski definition) is 1. The molecule has 0 saturated carbocycles. The molecule has 0 aliphatic carbocycles. The van der Waals surface area contributed by atoms with Gasteiger partial charge in [-0.2, -0.15) is 4.98 Å². The number of benzene rings is 1. The van der Waals surface area contributed by atoms with E-state index < -0.39 is 5.82 Å². The number of halogens is 1. The minimum atomic E-state index is -0.647. The normalized spacial score (nSPS) is 12.4. The molecule has 0 bridgehead atoms. The van der Waals surface area contributed by atoms with Crippen molar-refractivity contribution in [3.63, 3.8) is 0 Å². The summed E-state index contributed by atoms with van der Waals surface area (Å²) in [6.45, 7) is 6.17. The first-order chi connectivity index (χ1) is 9.47. The van der Waals surface area contributed by atoms with Gasteiger partial charge in [-0.3, -0.25) is 0 Å². The second-order valence-electron chi connectivity index (χ2n) is 4.97. The molecule has 2 N–H and O–H groups in total. The first-order valence-electron chi connectivity index (χ1n) is 6.52. The minimum Gasteiger partial charge on any atom is -0.456 e. The Morgan fingerprint density at radius 2 is 1.70 bits per heavy atom. The highest BCUT2D eigenvalue weighted by molar-refractivity contribution is 5.30. The van der Waals surface area contributed by atoms with Crippen LogP contribution in [0, 0.1) is 5.82 Å². The summed E-state index contributed by atoms with van der Waals surface area (Å²) in [6, 6.07) is 8.23. The van der Waals surface area contributed by atoms with E-state index in [-0.39, 0.29) is 17.9 Å². The van der Waals surface area contributed by atoms with E-state index in [1.165, 1.54) is 5.56 Å². The van der Waals surface area contributed by atoms with Crippen molar-refractivity contribution in [2.24, 2.45) is 0 Å². The van der Waals surface area contributed by atoms with Gasteiger partial charge >= 0.3 is 6.01 Å². The maximum Gasteiger partial charge on any atom is 0.319 e. The molecule has 2 aromatic rings. The first-order valence-corrected chi connectivity index (χ1v) is 6.52. The van der Waals surface area contributed by atoms with Crippen molar-refractivity contribution in [2.45, 2.75) is 32.8 Å². The first kappa shape index (κ1) is 14.2. The molecule has 0 radical (unpaired) electrons. The van der Waals surface area contributed by atoms with Gasteiger partial charge in [0.25, 0.3) is 0 Å². The highest BCUT2D eigenvalue weighted by atomic mass is 19.1. The fraction of sp³-hybridized carbons (Fsp3) is 0.333. The number of nitrogens with zero attached hydrogens (tertiary/aromatic N) is 2. The molecule has 0 aliphatic heterocycles. The second kappa shape index (κ2) is 5.86. The highest BCUT2D eigenvalue weighted by Crippen LogP contribution is 2.22. The molecule has 4 nitrogen and oxygen atoms in total. The fourth-order valence-electron chi connectivity index (χ4n) is 1.80. The van der Waals surface area contributed by atoms with Crippen molar-refractivity contribution in [1.29, 1.82) is 0 Å². The van der Waals surface area contributed by atoms with E-state index in [2.05, 4.69) is 35.9 Å². The summed E-state index contributed by atoms with van der Waals surface area (Å²) >= 11 is 0. The van der Waals surface area contributed by atoms with Crippen LogP contribution in [0.15, 0.2) is 30.5 Å². The monoisotopic (exact) mass is 275 g/mol. The van der Waals surface area contributed by atoms with Crippen LogP contribution >= 0.6 is 0 Å². The molecular weight excluding hydrogens is 257 g/mol. The summed E-state index contributed by atoms with van der Waals surface area (Å²) in [6.07, 6.45) is 0.771. The molecule has 1 unspecified atom stereocenters. The molecule has 106 valence electrons. The predicted octanol–water partition coefficient (Wildman–Crippen LogP) is 3.46. The van der Waals surface area contributed by atoms with Gasteiger partial charge in [-0.05, 0) is 24.0 Å². The van der Waals surface area contributed by atoms with E-state index in [9.17, 15) is 4.39 Å². The van der Waals surface area contributed by atoms with Gasteiger partial charge in [-0.15, -0.1) is 0 Å². The number of hydrogen-bond acceptors (Lipinski definition) is 4. The Morgan fingerprint density at radius 3 is 2.25 bits per heavy atom. The lowest BCUT2D eigenvalue weighted by atomic mass is 10.0. The average Bonchev–Trinajstić information content (AvgIpc) is 2.43. The number of rotatable bonds is 4. The van der Waals surface area contributed by atoms with Crippen molar-refractivity contribution >= 4 is 5.82 Å². The highest BCUT2D eigenvalue weighted by Gasteiger charge is 2.11. The van der Waals surface area contributed by atoms with Gasteiger partial charge in [-0.25, -0.2) is 9.37 Å². The van der Waals surface area contributed by atoms with Crippen LogP contribution in [0.1, 0.15) is 43.9 Å². The Bertz CT molecular complexity index is 584. The lowest BCUT2D eigenvalue weighted by Crippen LogP contribution is -2.07. The SMILES string of the molecule is CC(C)c1ccc(C(C)Oc2ncc(F)c(N)n2)cc1. The molecule has 0 fully saturated rings. The number of nitrogens with two attached hydrogens (primary N) is 1. The molecule has 0 amide bonds. The lowest BCUT2D eigenvalue weighted by Gasteiger charge is -2.14. The maximum atomic E-state index is 13.0. The largest absolute Gasteiger partial charge is 0.456 e. The second-order valence-corrected chi connectivity index (χ2v) is 4.97. The molecule has 1 atom stereocenters. The molecule has 2 rings (SSSR count). The number of nitrogen functional groups attached to an aromatic ring is 1. The average molecular weight is 275 g/mol. The van der Waals surface area contributed by atoms with Crippen LogP contribution in [0.3, 0.4) is 0 Å². The Hall–Kier alpha value is -2.17. The van der Waals surface area contributed by atoms with Crippen LogP contribution in [0.2, 0.25) is 0 Å². The standard InChI is InChI=1S/C15H18FN3O/c1-9(2)11-4-6-12(7-5-11)10(3)20-15-18-8-13(16)14(17)19-15/h4-10H,1-3H3,(H2,17,18,19). The van der Waals surface area contributed by atoms with Crippen LogP contribution in [0.5, 0.6) is 6.01 Å². The summed E-state index contributed by atoms with van der Waals surface area (Å²) < 4.78 is 18.5. The molecule has 20 heavy (non-hydrogen) atoms. The molecule has 5 heteroatoms. The molecule has 0 saturated heterocycles. The van der Waals surface area contributed by atoms with E-state index in [1.807, 2.05) is 19.1 Å². The molecule has 1 aromatic carbocycles. The summed E-state index contributed by atoms with van der Waals surface area (Å²) in [5, 5.41) is 0. The topological polar surface area (TPSA) is 61.0 Å². The van der Waals surface area contributed by atoms with E-state index in [0.717, 1.165) is 11.8 Å². The third kappa shape index (κ3) is 3.23. The van der Waals surface area contributed by atoms with Crippen molar-refractivity contribution in [3.05, 3.63) is 47.4 Å². The van der Waals surface area contributed by atoms with Crippen molar-refractivity contribution in [1.82, 2.24) is 9.97 Å². The third-order valence-corrected chi connectivity index (χ3v) is 3.10.